The number of hydrogen-bond acceptors (Lipinski definition) is 8. The molecule has 8 nitrogen and oxygen atoms in total. The van der Waals surface area contributed by atoms with Crippen molar-refractivity contribution >= 4 is 115 Å². The van der Waals surface area contributed by atoms with Crippen LogP contribution in [-0.4, -0.2) is 23.4 Å². The predicted molar refractivity (Wildman–Crippen MR) is 303 cm³/mol. The van der Waals surface area contributed by atoms with E-state index in [4.69, 9.17) is 19.4 Å². The lowest BCUT2D eigenvalue weighted by atomic mass is 9.34. The van der Waals surface area contributed by atoms with E-state index in [2.05, 4.69) is 274 Å². The quantitative estimate of drug-likeness (QED) is 0.140. The molecule has 0 radical (unpaired) electrons. The molecule has 0 atom stereocenters. The summed E-state index contributed by atoms with van der Waals surface area (Å²) in [6.45, 7) is -0.635. The molecule has 11 aromatic rings. The zero-order valence-corrected chi connectivity index (χ0v) is 39.9. The zero-order valence-electron chi connectivity index (χ0n) is 39.9. The molecule has 5 heterocycles. The summed E-state index contributed by atoms with van der Waals surface area (Å²) in [7, 11) is 0. The molecule has 0 aliphatic carbocycles. The molecule has 15 rings (SSSR count). The Labute approximate surface area is 429 Å². The maximum absolute atomic E-state index is 7.25. The molecule has 4 aliphatic rings. The molecule has 0 N–H and O–H groups in total. The second-order valence-electron chi connectivity index (χ2n) is 18.9. The minimum absolute atomic E-state index is 0.318. The van der Waals surface area contributed by atoms with Gasteiger partial charge < -0.3 is 29.1 Å². The fraction of sp³-hybridized carbons (Fsp3) is 0. The highest BCUT2D eigenvalue weighted by Gasteiger charge is 2.49. The van der Waals surface area contributed by atoms with E-state index in [0.717, 1.165) is 101 Å². The van der Waals surface area contributed by atoms with Gasteiger partial charge in [-0.2, -0.15) is 4.98 Å². The predicted octanol–water partition coefficient (Wildman–Crippen LogP) is 12.2. The molecular formula is C64H42B2N6O2. The van der Waals surface area contributed by atoms with E-state index in [1.54, 1.807) is 0 Å². The monoisotopic (exact) mass is 948 g/mol. The summed E-state index contributed by atoms with van der Waals surface area (Å²) in [6.07, 6.45) is 0. The fourth-order valence-electron chi connectivity index (χ4n) is 11.7. The van der Waals surface area contributed by atoms with Gasteiger partial charge >= 0.3 is 0 Å². The smallest absolute Gasteiger partial charge is 0.281 e. The third-order valence-electron chi connectivity index (χ3n) is 14.7. The van der Waals surface area contributed by atoms with E-state index in [0.29, 0.717) is 23.3 Å². The van der Waals surface area contributed by atoms with Crippen molar-refractivity contribution in [3.8, 4) is 23.3 Å². The first-order valence-electron chi connectivity index (χ1n) is 25.1. The van der Waals surface area contributed by atoms with Gasteiger partial charge in [0.1, 0.15) is 11.5 Å². The highest BCUT2D eigenvalue weighted by atomic mass is 16.5. The number of aromatic nitrogens is 2. The molecule has 0 spiro atoms. The van der Waals surface area contributed by atoms with Crippen LogP contribution < -0.4 is 62.1 Å². The highest BCUT2D eigenvalue weighted by molar-refractivity contribution is 7.01. The Balaban J connectivity index is 0.968. The summed E-state index contributed by atoms with van der Waals surface area (Å²) in [4.78, 5) is 20.6. The Morgan fingerprint density at radius 2 is 0.635 bits per heavy atom. The summed E-state index contributed by atoms with van der Waals surface area (Å²) in [5.41, 5.74) is 18.0. The number of ether oxygens (including phenoxy) is 2. The van der Waals surface area contributed by atoms with Crippen molar-refractivity contribution in [1.82, 2.24) is 9.97 Å². The van der Waals surface area contributed by atoms with Gasteiger partial charge in [-0.1, -0.05) is 146 Å². The molecule has 4 aliphatic heterocycles. The van der Waals surface area contributed by atoms with Crippen LogP contribution in [0.25, 0.3) is 0 Å². The SMILES string of the molecule is c1ccc(N(c2ccccc2)c2cc3c4c(c2)N(c2ccccc2)c2ccccc2B4c2nc4c(nc2O3)Oc2cc(N(c3ccccc3)c3ccccc3)cc3c2B4c2ccccc2N3c2ccccc2)cc1. The van der Waals surface area contributed by atoms with Crippen LogP contribution in [0.15, 0.2) is 255 Å². The number of nitrogens with zero attached hydrogens (tertiary/aromatic N) is 6. The third kappa shape index (κ3) is 6.58. The van der Waals surface area contributed by atoms with Crippen molar-refractivity contribution < 1.29 is 9.47 Å². The van der Waals surface area contributed by atoms with Crippen LogP contribution in [0.2, 0.25) is 0 Å². The fourth-order valence-corrected chi connectivity index (χ4v) is 11.7. The van der Waals surface area contributed by atoms with Crippen LogP contribution in [0.3, 0.4) is 0 Å². The summed E-state index contributed by atoms with van der Waals surface area (Å²) >= 11 is 0. The molecule has 0 saturated carbocycles. The second-order valence-corrected chi connectivity index (χ2v) is 18.9. The van der Waals surface area contributed by atoms with Crippen molar-refractivity contribution in [2.45, 2.75) is 0 Å². The van der Waals surface area contributed by atoms with E-state index in [-0.39, 0.29) is 13.4 Å². The summed E-state index contributed by atoms with van der Waals surface area (Å²) < 4.78 is 14.5. The average molecular weight is 949 g/mol. The first-order chi connectivity index (χ1) is 36.7. The molecular weight excluding hydrogens is 906 g/mol. The van der Waals surface area contributed by atoms with Crippen LogP contribution in [0.5, 0.6) is 23.3 Å². The molecule has 74 heavy (non-hydrogen) atoms. The molecule has 10 heteroatoms. The van der Waals surface area contributed by atoms with E-state index < -0.39 is 0 Å². The lowest BCUT2D eigenvalue weighted by Crippen LogP contribution is -2.65. The first-order valence-corrected chi connectivity index (χ1v) is 25.1. The number of benzene rings is 10. The molecule has 0 fully saturated rings. The Morgan fingerprint density at radius 3 is 1.00 bits per heavy atom. The molecule has 346 valence electrons. The van der Waals surface area contributed by atoms with Crippen LogP contribution >= 0.6 is 0 Å². The Hall–Kier alpha value is -9.79. The molecule has 1 aromatic heterocycles. The molecule has 10 aromatic carbocycles. The zero-order chi connectivity index (χ0) is 48.7. The van der Waals surface area contributed by atoms with Crippen LogP contribution in [-0.2, 0) is 0 Å². The lowest BCUT2D eigenvalue weighted by Gasteiger charge is -2.42. The summed E-state index contributed by atoms with van der Waals surface area (Å²) in [5, 5.41) is 0. The van der Waals surface area contributed by atoms with Crippen molar-refractivity contribution in [3.05, 3.63) is 255 Å². The van der Waals surface area contributed by atoms with E-state index in [1.165, 1.54) is 0 Å². The van der Waals surface area contributed by atoms with Gasteiger partial charge in [0.05, 0.1) is 22.6 Å². The minimum Gasteiger partial charge on any atom is -0.438 e. The lowest BCUT2D eigenvalue weighted by molar-refractivity contribution is 0.428. The van der Waals surface area contributed by atoms with Crippen molar-refractivity contribution in [1.29, 1.82) is 0 Å². The number of rotatable bonds is 8. The van der Waals surface area contributed by atoms with Gasteiger partial charge in [0.2, 0.25) is 11.8 Å². The van der Waals surface area contributed by atoms with Gasteiger partial charge in [-0.3, -0.25) is 4.98 Å². The maximum Gasteiger partial charge on any atom is 0.281 e. The van der Waals surface area contributed by atoms with Crippen molar-refractivity contribution in [2.24, 2.45) is 0 Å². The van der Waals surface area contributed by atoms with Gasteiger partial charge in [-0.25, -0.2) is 0 Å². The summed E-state index contributed by atoms with van der Waals surface area (Å²) in [5.74, 6) is 2.26. The Bertz CT molecular complexity index is 3620. The standard InChI is InChI=1S/C64H42B2N6O2/c1-7-23-43(24-8-1)69(44-25-9-2-10-26-44)49-39-55-59-57(41-49)73-63-61(65(59)51-35-19-21-37-53(51)71(55)47-31-15-5-16-32-47)67-62-64(68-63)74-58-42-50(70(45-27-11-3-12-28-45)46-29-13-4-14-30-46)40-56-60(58)66(62)52-36-20-22-38-54(52)72(56)48-33-17-6-18-34-48/h1-42H. The van der Waals surface area contributed by atoms with E-state index in [1.807, 2.05) is 0 Å². The summed E-state index contributed by atoms with van der Waals surface area (Å²) in [6, 6.07) is 89.6. The third-order valence-corrected chi connectivity index (χ3v) is 14.7. The van der Waals surface area contributed by atoms with Crippen LogP contribution in [0.4, 0.5) is 68.2 Å². The topological polar surface area (TPSA) is 57.2 Å². The maximum atomic E-state index is 7.25. The van der Waals surface area contributed by atoms with Gasteiger partial charge in [0, 0.05) is 69.0 Å². The van der Waals surface area contributed by atoms with Gasteiger partial charge in [-0.15, -0.1) is 0 Å². The minimum atomic E-state index is -0.318. The van der Waals surface area contributed by atoms with Gasteiger partial charge in [-0.05, 0) is 119 Å². The Kier molecular flexibility index (Phi) is 9.59. The second kappa shape index (κ2) is 16.9. The van der Waals surface area contributed by atoms with E-state index in [9.17, 15) is 0 Å². The van der Waals surface area contributed by atoms with Crippen molar-refractivity contribution in [3.63, 3.8) is 0 Å². The molecule has 0 saturated heterocycles. The number of fused-ring (bicyclic) bond motifs is 8. The number of anilines is 12. The van der Waals surface area contributed by atoms with Crippen molar-refractivity contribution in [2.75, 3.05) is 19.6 Å². The van der Waals surface area contributed by atoms with Gasteiger partial charge in [0.15, 0.2) is 0 Å². The largest absolute Gasteiger partial charge is 0.438 e. The van der Waals surface area contributed by atoms with Crippen LogP contribution in [0, 0.1) is 0 Å². The molecule has 0 bridgehead atoms. The highest BCUT2D eigenvalue weighted by Crippen LogP contribution is 2.48. The number of para-hydroxylation sites is 8. The molecule has 0 amide bonds. The van der Waals surface area contributed by atoms with E-state index >= 15 is 0 Å². The first kappa shape index (κ1) is 41.9. The average Bonchev–Trinajstić information content (AvgIpc) is 3.46. The van der Waals surface area contributed by atoms with Crippen LogP contribution in [0.1, 0.15) is 0 Å². The molecule has 0 unspecified atom stereocenters. The van der Waals surface area contributed by atoms with Gasteiger partial charge in [0.25, 0.3) is 13.4 Å². The number of hydrogen-bond donors (Lipinski definition) is 0. The Morgan fingerprint density at radius 1 is 0.311 bits per heavy atom. The normalized spacial score (nSPS) is 13.0.